The zero-order chi connectivity index (χ0) is 11.6. The van der Waals surface area contributed by atoms with Crippen molar-refractivity contribution in [1.29, 1.82) is 5.26 Å². The second-order valence-corrected chi connectivity index (χ2v) is 3.88. The first-order valence-corrected chi connectivity index (χ1v) is 4.73. The highest BCUT2D eigenvalue weighted by molar-refractivity contribution is 5.69. The van der Waals surface area contributed by atoms with E-state index in [2.05, 4.69) is 11.1 Å². The predicted octanol–water partition coefficient (Wildman–Crippen LogP) is 1.39. The monoisotopic (exact) mass is 204 g/mol. The molecule has 0 aliphatic heterocycles. The lowest BCUT2D eigenvalue weighted by Crippen LogP contribution is -2.17. The molecular formula is C11H16N4. The van der Waals surface area contributed by atoms with Crippen molar-refractivity contribution in [2.45, 2.75) is 6.92 Å². The van der Waals surface area contributed by atoms with Gasteiger partial charge >= 0.3 is 0 Å². The SMILES string of the molecule is Cc1cc(N(C)C)c(C#N)c(N(C)C)n1. The average Bonchev–Trinajstić information content (AvgIpc) is 2.16. The van der Waals surface area contributed by atoms with E-state index in [-0.39, 0.29) is 0 Å². The third kappa shape index (κ3) is 2.18. The number of hydrogen-bond donors (Lipinski definition) is 0. The summed E-state index contributed by atoms with van der Waals surface area (Å²) in [5, 5.41) is 9.14. The lowest BCUT2D eigenvalue weighted by Gasteiger charge is -2.20. The molecule has 0 radical (unpaired) electrons. The Balaban J connectivity index is 3.47. The molecule has 0 aliphatic carbocycles. The van der Waals surface area contributed by atoms with Crippen molar-refractivity contribution < 1.29 is 0 Å². The van der Waals surface area contributed by atoms with Gasteiger partial charge in [-0.05, 0) is 13.0 Å². The Morgan fingerprint density at radius 3 is 2.20 bits per heavy atom. The quantitative estimate of drug-likeness (QED) is 0.730. The molecular weight excluding hydrogens is 188 g/mol. The fourth-order valence-corrected chi connectivity index (χ4v) is 1.42. The van der Waals surface area contributed by atoms with Crippen molar-refractivity contribution >= 4 is 11.5 Å². The maximum atomic E-state index is 9.14. The molecule has 1 aromatic rings. The number of anilines is 2. The van der Waals surface area contributed by atoms with Gasteiger partial charge in [-0.2, -0.15) is 5.26 Å². The van der Waals surface area contributed by atoms with Crippen LogP contribution in [0.3, 0.4) is 0 Å². The first-order valence-electron chi connectivity index (χ1n) is 4.73. The van der Waals surface area contributed by atoms with E-state index < -0.39 is 0 Å². The van der Waals surface area contributed by atoms with Crippen molar-refractivity contribution in [3.05, 3.63) is 17.3 Å². The molecule has 1 heterocycles. The highest BCUT2D eigenvalue weighted by Gasteiger charge is 2.13. The first kappa shape index (κ1) is 11.3. The van der Waals surface area contributed by atoms with Crippen molar-refractivity contribution in [2.24, 2.45) is 0 Å². The van der Waals surface area contributed by atoms with E-state index in [1.54, 1.807) is 0 Å². The lowest BCUT2D eigenvalue weighted by molar-refractivity contribution is 1.02. The van der Waals surface area contributed by atoms with Crippen molar-refractivity contribution in [1.82, 2.24) is 4.98 Å². The largest absolute Gasteiger partial charge is 0.376 e. The molecule has 0 saturated heterocycles. The van der Waals surface area contributed by atoms with E-state index in [4.69, 9.17) is 5.26 Å². The van der Waals surface area contributed by atoms with E-state index in [9.17, 15) is 0 Å². The summed E-state index contributed by atoms with van der Waals surface area (Å²) in [6.45, 7) is 1.93. The molecule has 0 atom stereocenters. The number of nitriles is 1. The highest BCUT2D eigenvalue weighted by atomic mass is 15.2. The fraction of sp³-hybridized carbons (Fsp3) is 0.455. The van der Waals surface area contributed by atoms with Gasteiger partial charge in [-0.1, -0.05) is 0 Å². The Kier molecular flexibility index (Phi) is 3.15. The molecule has 0 aromatic carbocycles. The van der Waals surface area contributed by atoms with Crippen LogP contribution in [0.5, 0.6) is 0 Å². The molecule has 15 heavy (non-hydrogen) atoms. The maximum Gasteiger partial charge on any atom is 0.148 e. The molecule has 80 valence electrons. The van der Waals surface area contributed by atoms with Gasteiger partial charge in [-0.3, -0.25) is 0 Å². The number of pyridine rings is 1. The van der Waals surface area contributed by atoms with Crippen molar-refractivity contribution in [3.8, 4) is 6.07 Å². The summed E-state index contributed by atoms with van der Waals surface area (Å²) < 4.78 is 0. The van der Waals surface area contributed by atoms with Crippen LogP contribution < -0.4 is 9.80 Å². The zero-order valence-electron chi connectivity index (χ0n) is 9.87. The highest BCUT2D eigenvalue weighted by Crippen LogP contribution is 2.26. The molecule has 1 aromatic heterocycles. The molecule has 1 rings (SSSR count). The standard InChI is InChI=1S/C11H16N4/c1-8-6-10(14(2)3)9(7-12)11(13-8)15(4)5/h6H,1-5H3. The second-order valence-electron chi connectivity index (χ2n) is 3.88. The Hall–Kier alpha value is -1.76. The van der Waals surface area contributed by atoms with Crippen LogP contribution in [0.4, 0.5) is 11.5 Å². The predicted molar refractivity (Wildman–Crippen MR) is 62.3 cm³/mol. The van der Waals surface area contributed by atoms with Crippen molar-refractivity contribution in [3.63, 3.8) is 0 Å². The van der Waals surface area contributed by atoms with Crippen molar-refractivity contribution in [2.75, 3.05) is 38.0 Å². The van der Waals surface area contributed by atoms with E-state index in [1.165, 1.54) is 0 Å². The summed E-state index contributed by atoms with van der Waals surface area (Å²) in [4.78, 5) is 8.15. The van der Waals surface area contributed by atoms with Gasteiger partial charge in [0.05, 0.1) is 5.69 Å². The molecule has 0 fully saturated rings. The molecule has 4 heteroatoms. The molecule has 0 amide bonds. The van der Waals surface area contributed by atoms with Crippen LogP contribution in [0.1, 0.15) is 11.3 Å². The van der Waals surface area contributed by atoms with Gasteiger partial charge in [0.2, 0.25) is 0 Å². The summed E-state index contributed by atoms with van der Waals surface area (Å²) in [5.74, 6) is 0.723. The Morgan fingerprint density at radius 1 is 1.20 bits per heavy atom. The van der Waals surface area contributed by atoms with Gasteiger partial charge in [-0.25, -0.2) is 4.98 Å². The van der Waals surface area contributed by atoms with E-state index in [1.807, 2.05) is 51.0 Å². The molecule has 0 bridgehead atoms. The third-order valence-corrected chi connectivity index (χ3v) is 2.12. The summed E-state index contributed by atoms with van der Waals surface area (Å²) in [7, 11) is 7.63. The zero-order valence-corrected chi connectivity index (χ0v) is 9.87. The maximum absolute atomic E-state index is 9.14. The number of rotatable bonds is 2. The normalized spacial score (nSPS) is 9.60. The molecule has 0 unspecified atom stereocenters. The Labute approximate surface area is 90.8 Å². The average molecular weight is 204 g/mol. The van der Waals surface area contributed by atoms with Gasteiger partial charge in [0.1, 0.15) is 17.5 Å². The minimum Gasteiger partial charge on any atom is -0.376 e. The summed E-state index contributed by atoms with van der Waals surface area (Å²) in [6.07, 6.45) is 0. The van der Waals surface area contributed by atoms with Crippen LogP contribution in [-0.4, -0.2) is 33.2 Å². The Bertz CT molecular complexity index is 373. The van der Waals surface area contributed by atoms with Gasteiger partial charge in [0.25, 0.3) is 0 Å². The van der Waals surface area contributed by atoms with Crippen LogP contribution in [0, 0.1) is 18.3 Å². The minimum atomic E-state index is 0.621. The number of hydrogen-bond acceptors (Lipinski definition) is 4. The van der Waals surface area contributed by atoms with Crippen LogP contribution in [0.25, 0.3) is 0 Å². The molecule has 0 saturated carbocycles. The second kappa shape index (κ2) is 4.18. The smallest absolute Gasteiger partial charge is 0.148 e. The molecule has 4 nitrogen and oxygen atoms in total. The number of nitrogens with zero attached hydrogens (tertiary/aromatic N) is 4. The fourth-order valence-electron chi connectivity index (χ4n) is 1.42. The number of aryl methyl sites for hydroxylation is 1. The van der Waals surface area contributed by atoms with E-state index in [0.717, 1.165) is 17.2 Å². The van der Waals surface area contributed by atoms with Gasteiger partial charge in [0.15, 0.2) is 0 Å². The van der Waals surface area contributed by atoms with E-state index in [0.29, 0.717) is 5.56 Å². The number of aromatic nitrogens is 1. The first-order chi connectivity index (χ1) is 6.97. The van der Waals surface area contributed by atoms with Gasteiger partial charge in [-0.15, -0.1) is 0 Å². The lowest BCUT2D eigenvalue weighted by atomic mass is 10.2. The third-order valence-electron chi connectivity index (χ3n) is 2.12. The topological polar surface area (TPSA) is 43.2 Å². The summed E-state index contributed by atoms with van der Waals surface area (Å²) >= 11 is 0. The van der Waals surface area contributed by atoms with Gasteiger partial charge in [0, 0.05) is 33.9 Å². The Morgan fingerprint density at radius 2 is 1.80 bits per heavy atom. The minimum absolute atomic E-state index is 0.621. The molecule has 0 aliphatic rings. The van der Waals surface area contributed by atoms with Gasteiger partial charge < -0.3 is 9.80 Å². The van der Waals surface area contributed by atoms with Crippen LogP contribution in [-0.2, 0) is 0 Å². The van der Waals surface area contributed by atoms with Crippen LogP contribution in [0.15, 0.2) is 6.07 Å². The van der Waals surface area contributed by atoms with E-state index >= 15 is 0 Å². The van der Waals surface area contributed by atoms with Crippen LogP contribution >= 0.6 is 0 Å². The van der Waals surface area contributed by atoms with Crippen LogP contribution in [0.2, 0.25) is 0 Å². The molecule has 0 N–H and O–H groups in total. The summed E-state index contributed by atoms with van der Waals surface area (Å²) in [5.41, 5.74) is 2.45. The summed E-state index contributed by atoms with van der Waals surface area (Å²) in [6, 6.07) is 4.13. The molecule has 0 spiro atoms.